The number of hydrogen-bond acceptors (Lipinski definition) is 2. The second kappa shape index (κ2) is 4.04. The molecule has 15 heavy (non-hydrogen) atoms. The number of carbonyl (C=O) groups is 1. The fraction of sp³-hybridized carbons (Fsp3) is 0.636. The van der Waals surface area contributed by atoms with Crippen LogP contribution in [-0.2, 0) is 16.8 Å². The van der Waals surface area contributed by atoms with E-state index in [0.29, 0.717) is 6.54 Å². The van der Waals surface area contributed by atoms with E-state index >= 15 is 0 Å². The third kappa shape index (κ3) is 3.08. The first-order chi connectivity index (χ1) is 6.80. The Kier molecular flexibility index (Phi) is 3.17. The molecular formula is C11H19N3O. The molecule has 0 atom stereocenters. The van der Waals surface area contributed by atoms with Gasteiger partial charge < -0.3 is 4.90 Å². The van der Waals surface area contributed by atoms with Crippen LogP contribution in [0.2, 0.25) is 0 Å². The van der Waals surface area contributed by atoms with Gasteiger partial charge in [-0.3, -0.25) is 9.48 Å². The Balaban J connectivity index is 2.73. The third-order valence-electron chi connectivity index (χ3n) is 2.30. The topological polar surface area (TPSA) is 38.1 Å². The molecule has 0 fully saturated rings. The molecule has 1 heterocycles. The summed E-state index contributed by atoms with van der Waals surface area (Å²) >= 11 is 0. The van der Waals surface area contributed by atoms with E-state index in [9.17, 15) is 4.79 Å². The van der Waals surface area contributed by atoms with E-state index in [0.717, 1.165) is 5.56 Å². The molecule has 1 aromatic heterocycles. The lowest BCUT2D eigenvalue weighted by molar-refractivity contribution is -0.129. The minimum atomic E-state index is 0.0542. The number of amides is 1. The second-order valence-electron chi connectivity index (χ2n) is 4.96. The van der Waals surface area contributed by atoms with Crippen molar-refractivity contribution in [2.24, 2.45) is 0 Å². The number of rotatable bonds is 2. The fourth-order valence-corrected chi connectivity index (χ4v) is 1.12. The van der Waals surface area contributed by atoms with E-state index in [1.165, 1.54) is 0 Å². The quantitative estimate of drug-likeness (QED) is 0.735. The van der Waals surface area contributed by atoms with Gasteiger partial charge in [-0.05, 0) is 11.0 Å². The van der Waals surface area contributed by atoms with Crippen molar-refractivity contribution >= 4 is 5.91 Å². The van der Waals surface area contributed by atoms with Gasteiger partial charge in [0.1, 0.15) is 6.54 Å². The van der Waals surface area contributed by atoms with E-state index in [4.69, 9.17) is 0 Å². The molecule has 0 aliphatic rings. The zero-order valence-corrected chi connectivity index (χ0v) is 10.1. The van der Waals surface area contributed by atoms with Crippen molar-refractivity contribution in [3.63, 3.8) is 0 Å². The average molecular weight is 209 g/mol. The standard InChI is InChI=1S/C11H19N3O/c1-11(2,3)9-6-12-14(7-9)8-10(15)13(4)5/h6-7H,8H2,1-5H3. The number of carbonyl (C=O) groups excluding carboxylic acids is 1. The van der Waals surface area contributed by atoms with Crippen molar-refractivity contribution in [1.29, 1.82) is 0 Å². The summed E-state index contributed by atoms with van der Waals surface area (Å²) < 4.78 is 1.68. The first kappa shape index (κ1) is 11.8. The van der Waals surface area contributed by atoms with E-state index in [1.807, 2.05) is 12.4 Å². The number of hydrogen-bond donors (Lipinski definition) is 0. The monoisotopic (exact) mass is 209 g/mol. The summed E-state index contributed by atoms with van der Waals surface area (Å²) in [5, 5.41) is 4.17. The highest BCUT2D eigenvalue weighted by Gasteiger charge is 2.16. The minimum Gasteiger partial charge on any atom is -0.347 e. The van der Waals surface area contributed by atoms with Crippen molar-refractivity contribution in [1.82, 2.24) is 14.7 Å². The number of likely N-dealkylation sites (N-methyl/N-ethyl adjacent to an activating group) is 1. The van der Waals surface area contributed by atoms with Gasteiger partial charge in [0.25, 0.3) is 0 Å². The molecular weight excluding hydrogens is 190 g/mol. The zero-order chi connectivity index (χ0) is 11.6. The van der Waals surface area contributed by atoms with Gasteiger partial charge in [-0.2, -0.15) is 5.10 Å². The summed E-state index contributed by atoms with van der Waals surface area (Å²) in [5.41, 5.74) is 1.23. The van der Waals surface area contributed by atoms with Gasteiger partial charge in [-0.25, -0.2) is 0 Å². The fourth-order valence-electron chi connectivity index (χ4n) is 1.12. The molecule has 0 saturated carbocycles. The SMILES string of the molecule is CN(C)C(=O)Cn1cc(C(C)(C)C)cn1. The first-order valence-electron chi connectivity index (χ1n) is 5.04. The van der Waals surface area contributed by atoms with Crippen molar-refractivity contribution in [2.75, 3.05) is 14.1 Å². The minimum absolute atomic E-state index is 0.0542. The molecule has 0 radical (unpaired) electrons. The average Bonchev–Trinajstić information content (AvgIpc) is 2.51. The highest BCUT2D eigenvalue weighted by Crippen LogP contribution is 2.20. The van der Waals surface area contributed by atoms with Crippen molar-refractivity contribution in [2.45, 2.75) is 32.7 Å². The maximum absolute atomic E-state index is 11.4. The Hall–Kier alpha value is -1.32. The molecule has 84 valence electrons. The van der Waals surface area contributed by atoms with Crippen LogP contribution >= 0.6 is 0 Å². The van der Waals surface area contributed by atoms with Crippen molar-refractivity contribution in [3.05, 3.63) is 18.0 Å². The third-order valence-corrected chi connectivity index (χ3v) is 2.30. The van der Waals surface area contributed by atoms with E-state index in [2.05, 4.69) is 25.9 Å². The molecule has 0 unspecified atom stereocenters. The van der Waals surface area contributed by atoms with E-state index in [-0.39, 0.29) is 11.3 Å². The van der Waals surface area contributed by atoms with Gasteiger partial charge in [0.15, 0.2) is 0 Å². The summed E-state index contributed by atoms with van der Waals surface area (Å²) in [6, 6.07) is 0. The van der Waals surface area contributed by atoms with Crippen LogP contribution in [0.5, 0.6) is 0 Å². The lowest BCUT2D eigenvalue weighted by Gasteiger charge is -2.15. The van der Waals surface area contributed by atoms with Crippen LogP contribution in [0, 0.1) is 0 Å². The summed E-state index contributed by atoms with van der Waals surface area (Å²) in [6.45, 7) is 6.69. The predicted octanol–water partition coefficient (Wildman–Crippen LogP) is 1.27. The molecule has 1 aromatic rings. The van der Waals surface area contributed by atoms with Crippen LogP contribution in [0.4, 0.5) is 0 Å². The summed E-state index contributed by atoms with van der Waals surface area (Å²) in [7, 11) is 3.49. The summed E-state index contributed by atoms with van der Waals surface area (Å²) in [4.78, 5) is 13.0. The Morgan fingerprint density at radius 1 is 1.47 bits per heavy atom. The van der Waals surface area contributed by atoms with Crippen molar-refractivity contribution < 1.29 is 4.79 Å². The molecule has 0 aromatic carbocycles. The highest BCUT2D eigenvalue weighted by atomic mass is 16.2. The lowest BCUT2D eigenvalue weighted by Crippen LogP contribution is -2.26. The molecule has 0 aliphatic carbocycles. The smallest absolute Gasteiger partial charge is 0.243 e. The van der Waals surface area contributed by atoms with Crippen LogP contribution in [-0.4, -0.2) is 34.7 Å². The lowest BCUT2D eigenvalue weighted by atomic mass is 9.90. The van der Waals surface area contributed by atoms with Gasteiger partial charge in [-0.15, -0.1) is 0 Å². The van der Waals surface area contributed by atoms with Gasteiger partial charge in [0.2, 0.25) is 5.91 Å². The molecule has 1 rings (SSSR count). The molecule has 0 saturated heterocycles. The van der Waals surface area contributed by atoms with Crippen LogP contribution in [0.1, 0.15) is 26.3 Å². The van der Waals surface area contributed by atoms with Crippen LogP contribution < -0.4 is 0 Å². The first-order valence-corrected chi connectivity index (χ1v) is 5.04. The van der Waals surface area contributed by atoms with Gasteiger partial charge in [0.05, 0.1) is 6.20 Å². The Labute approximate surface area is 90.9 Å². The Morgan fingerprint density at radius 3 is 2.47 bits per heavy atom. The molecule has 0 aliphatic heterocycles. The summed E-state index contributed by atoms with van der Waals surface area (Å²) in [6.07, 6.45) is 3.75. The van der Waals surface area contributed by atoms with Crippen LogP contribution in [0.15, 0.2) is 12.4 Å². The Morgan fingerprint density at radius 2 is 2.07 bits per heavy atom. The second-order valence-corrected chi connectivity index (χ2v) is 4.96. The predicted molar refractivity (Wildman–Crippen MR) is 59.6 cm³/mol. The maximum atomic E-state index is 11.4. The number of nitrogens with zero attached hydrogens (tertiary/aromatic N) is 3. The Bertz CT molecular complexity index is 347. The van der Waals surface area contributed by atoms with Gasteiger partial charge >= 0.3 is 0 Å². The van der Waals surface area contributed by atoms with Crippen LogP contribution in [0.3, 0.4) is 0 Å². The molecule has 0 spiro atoms. The van der Waals surface area contributed by atoms with Gasteiger partial charge in [-0.1, -0.05) is 20.8 Å². The maximum Gasteiger partial charge on any atom is 0.243 e. The summed E-state index contributed by atoms with van der Waals surface area (Å²) in [5.74, 6) is 0.0542. The molecule has 1 amide bonds. The zero-order valence-electron chi connectivity index (χ0n) is 10.1. The van der Waals surface area contributed by atoms with Crippen LogP contribution in [0.25, 0.3) is 0 Å². The largest absolute Gasteiger partial charge is 0.347 e. The molecule has 0 bridgehead atoms. The van der Waals surface area contributed by atoms with Gasteiger partial charge in [0, 0.05) is 20.3 Å². The number of aromatic nitrogens is 2. The molecule has 0 N–H and O–H groups in total. The molecule has 4 heteroatoms. The van der Waals surface area contributed by atoms with E-state index < -0.39 is 0 Å². The molecule has 4 nitrogen and oxygen atoms in total. The van der Waals surface area contributed by atoms with Crippen molar-refractivity contribution in [3.8, 4) is 0 Å². The van der Waals surface area contributed by atoms with E-state index in [1.54, 1.807) is 23.7 Å². The highest BCUT2D eigenvalue weighted by molar-refractivity contribution is 5.75. The normalized spacial score (nSPS) is 11.5.